The lowest BCUT2D eigenvalue weighted by molar-refractivity contribution is -0.132. The van der Waals surface area contributed by atoms with Gasteiger partial charge < -0.3 is 25.8 Å². The highest BCUT2D eigenvalue weighted by molar-refractivity contribution is 6.43. The second-order valence-corrected chi connectivity index (χ2v) is 5.07. The Hall–Kier alpha value is -3.22. The van der Waals surface area contributed by atoms with Crippen LogP contribution >= 0.6 is 0 Å². The van der Waals surface area contributed by atoms with Gasteiger partial charge in [0, 0.05) is 11.8 Å². The van der Waals surface area contributed by atoms with Gasteiger partial charge in [-0.3, -0.25) is 9.59 Å². The minimum absolute atomic E-state index is 0.139. The molecule has 1 heterocycles. The first-order chi connectivity index (χ1) is 11.0. The highest BCUT2D eigenvalue weighted by Crippen LogP contribution is 2.34. The number of anilines is 3. The number of carbonyl (C=O) groups excluding carboxylic acids is 2. The van der Waals surface area contributed by atoms with Crippen molar-refractivity contribution in [2.45, 2.75) is 6.92 Å². The Kier molecular flexibility index (Phi) is 3.76. The van der Waals surface area contributed by atoms with E-state index in [1.807, 2.05) is 13.0 Å². The Labute approximate surface area is 132 Å². The number of rotatable bonds is 2. The van der Waals surface area contributed by atoms with Crippen molar-refractivity contribution in [1.82, 2.24) is 0 Å². The van der Waals surface area contributed by atoms with Gasteiger partial charge in [0.25, 0.3) is 0 Å². The first-order valence-corrected chi connectivity index (χ1v) is 6.91. The van der Waals surface area contributed by atoms with Gasteiger partial charge in [-0.15, -0.1) is 0 Å². The maximum Gasteiger partial charge on any atom is 0.314 e. The summed E-state index contributed by atoms with van der Waals surface area (Å²) in [6.45, 7) is 2.00. The zero-order valence-corrected chi connectivity index (χ0v) is 12.4. The average molecular weight is 313 g/mol. The van der Waals surface area contributed by atoms with E-state index in [9.17, 15) is 9.59 Å². The minimum atomic E-state index is -0.806. The molecular weight excluding hydrogens is 298 g/mol. The van der Waals surface area contributed by atoms with Crippen molar-refractivity contribution < 1.29 is 19.1 Å². The van der Waals surface area contributed by atoms with Crippen LogP contribution in [0.5, 0.6) is 11.5 Å². The Morgan fingerprint density at radius 2 is 1.74 bits per heavy atom. The molecule has 0 bridgehead atoms. The number of aryl methyl sites for hydroxylation is 1. The highest BCUT2D eigenvalue weighted by Gasteiger charge is 2.18. The Bertz CT molecular complexity index is 789. The largest absolute Gasteiger partial charge is 0.454 e. The summed E-state index contributed by atoms with van der Waals surface area (Å²) in [4.78, 5) is 24.0. The van der Waals surface area contributed by atoms with Crippen molar-refractivity contribution in [3.8, 4) is 11.5 Å². The number of ether oxygens (including phenoxy) is 2. The summed E-state index contributed by atoms with van der Waals surface area (Å²) in [6.07, 6.45) is 0. The summed E-state index contributed by atoms with van der Waals surface area (Å²) in [5.41, 5.74) is 7.92. The zero-order valence-electron chi connectivity index (χ0n) is 12.4. The number of nitrogen functional groups attached to an aromatic ring is 1. The van der Waals surface area contributed by atoms with Gasteiger partial charge in [0.2, 0.25) is 6.79 Å². The van der Waals surface area contributed by atoms with Gasteiger partial charge in [0.15, 0.2) is 11.5 Å². The van der Waals surface area contributed by atoms with Gasteiger partial charge >= 0.3 is 11.8 Å². The fraction of sp³-hybridized carbons (Fsp3) is 0.125. The van der Waals surface area contributed by atoms with Crippen LogP contribution in [0.4, 0.5) is 17.1 Å². The van der Waals surface area contributed by atoms with Gasteiger partial charge in [0.05, 0.1) is 11.4 Å². The van der Waals surface area contributed by atoms with Crippen LogP contribution in [-0.2, 0) is 9.59 Å². The van der Waals surface area contributed by atoms with Crippen molar-refractivity contribution in [3.05, 3.63) is 42.0 Å². The summed E-state index contributed by atoms with van der Waals surface area (Å²) in [7, 11) is 0. The Morgan fingerprint density at radius 3 is 2.57 bits per heavy atom. The smallest absolute Gasteiger partial charge is 0.314 e. The molecule has 23 heavy (non-hydrogen) atoms. The number of nitrogens with two attached hydrogens (primary N) is 1. The number of fused-ring (bicyclic) bond motifs is 1. The molecule has 0 saturated carbocycles. The number of hydrogen-bond acceptors (Lipinski definition) is 5. The van der Waals surface area contributed by atoms with E-state index < -0.39 is 11.8 Å². The van der Waals surface area contributed by atoms with Crippen LogP contribution in [0, 0.1) is 6.92 Å². The van der Waals surface area contributed by atoms with E-state index in [1.165, 1.54) is 0 Å². The van der Waals surface area contributed by atoms with E-state index in [1.54, 1.807) is 30.3 Å². The highest BCUT2D eigenvalue weighted by atomic mass is 16.7. The van der Waals surface area contributed by atoms with Crippen molar-refractivity contribution in [2.75, 3.05) is 23.2 Å². The summed E-state index contributed by atoms with van der Waals surface area (Å²) < 4.78 is 10.4. The topological polar surface area (TPSA) is 103 Å². The molecule has 0 unspecified atom stereocenters. The molecule has 118 valence electrons. The number of benzene rings is 2. The van der Waals surface area contributed by atoms with Crippen LogP contribution in [0.1, 0.15) is 5.56 Å². The fourth-order valence-electron chi connectivity index (χ4n) is 2.12. The number of nitrogens with one attached hydrogen (secondary N) is 2. The molecule has 0 saturated heterocycles. The molecule has 1 aliphatic heterocycles. The second kappa shape index (κ2) is 5.88. The number of amides is 2. The quantitative estimate of drug-likeness (QED) is 0.580. The van der Waals surface area contributed by atoms with E-state index >= 15 is 0 Å². The Morgan fingerprint density at radius 1 is 1.00 bits per heavy atom. The van der Waals surface area contributed by atoms with E-state index in [-0.39, 0.29) is 6.79 Å². The fourth-order valence-corrected chi connectivity index (χ4v) is 2.12. The third kappa shape index (κ3) is 3.18. The maximum absolute atomic E-state index is 12.0. The molecule has 0 spiro atoms. The second-order valence-electron chi connectivity index (χ2n) is 5.07. The molecule has 1 aliphatic rings. The average Bonchev–Trinajstić information content (AvgIpc) is 2.98. The lowest BCUT2D eigenvalue weighted by Crippen LogP contribution is -2.29. The minimum Gasteiger partial charge on any atom is -0.454 e. The van der Waals surface area contributed by atoms with Gasteiger partial charge in [0.1, 0.15) is 0 Å². The van der Waals surface area contributed by atoms with Crippen LogP contribution in [0.25, 0.3) is 0 Å². The standard InChI is InChI=1S/C16H15N3O4/c1-9-2-4-11(17)12(6-9)19-16(21)15(20)18-10-3-5-13-14(7-10)23-8-22-13/h2-7H,8,17H2,1H3,(H,18,20)(H,19,21). The summed E-state index contributed by atoms with van der Waals surface area (Å²) in [5, 5.41) is 4.99. The van der Waals surface area contributed by atoms with Gasteiger partial charge in [-0.1, -0.05) is 6.07 Å². The van der Waals surface area contributed by atoms with Crippen LogP contribution in [0.2, 0.25) is 0 Å². The molecule has 2 aromatic rings. The monoisotopic (exact) mass is 313 g/mol. The Balaban J connectivity index is 1.68. The van der Waals surface area contributed by atoms with Crippen LogP contribution in [0.3, 0.4) is 0 Å². The molecular formula is C16H15N3O4. The molecule has 0 radical (unpaired) electrons. The molecule has 0 fully saturated rings. The summed E-state index contributed by atoms with van der Waals surface area (Å²) in [5.74, 6) is -0.490. The first kappa shape index (κ1) is 14.7. The lowest BCUT2D eigenvalue weighted by atomic mass is 10.2. The molecule has 2 aromatic carbocycles. The van der Waals surface area contributed by atoms with Crippen molar-refractivity contribution in [2.24, 2.45) is 0 Å². The maximum atomic E-state index is 12.0. The van der Waals surface area contributed by atoms with E-state index in [0.717, 1.165) is 5.56 Å². The third-order valence-corrected chi connectivity index (χ3v) is 3.29. The molecule has 4 N–H and O–H groups in total. The van der Waals surface area contributed by atoms with E-state index in [4.69, 9.17) is 15.2 Å². The molecule has 7 nitrogen and oxygen atoms in total. The van der Waals surface area contributed by atoms with Gasteiger partial charge in [-0.25, -0.2) is 0 Å². The summed E-state index contributed by atoms with van der Waals surface area (Å²) >= 11 is 0. The molecule has 0 aromatic heterocycles. The predicted molar refractivity (Wildman–Crippen MR) is 85.4 cm³/mol. The SMILES string of the molecule is Cc1ccc(N)c(NC(=O)C(=O)Nc2ccc3c(c2)OCO3)c1. The molecule has 2 amide bonds. The predicted octanol–water partition coefficient (Wildman–Crippen LogP) is 1.88. The van der Waals surface area contributed by atoms with Crippen LogP contribution in [-0.4, -0.2) is 18.6 Å². The number of hydrogen-bond donors (Lipinski definition) is 3. The van der Waals surface area contributed by atoms with Crippen molar-refractivity contribution >= 4 is 28.9 Å². The molecule has 3 rings (SSSR count). The lowest BCUT2D eigenvalue weighted by Gasteiger charge is -2.09. The molecule has 7 heteroatoms. The van der Waals surface area contributed by atoms with Crippen LogP contribution < -0.4 is 25.8 Å². The first-order valence-electron chi connectivity index (χ1n) is 6.91. The zero-order chi connectivity index (χ0) is 16.4. The van der Waals surface area contributed by atoms with E-state index in [2.05, 4.69) is 10.6 Å². The van der Waals surface area contributed by atoms with Gasteiger partial charge in [-0.05, 0) is 36.8 Å². The van der Waals surface area contributed by atoms with E-state index in [0.29, 0.717) is 28.6 Å². The molecule has 0 aliphatic carbocycles. The normalized spacial score (nSPS) is 11.9. The van der Waals surface area contributed by atoms with Crippen molar-refractivity contribution in [3.63, 3.8) is 0 Å². The third-order valence-electron chi connectivity index (χ3n) is 3.29. The number of carbonyl (C=O) groups is 2. The summed E-state index contributed by atoms with van der Waals surface area (Å²) in [6, 6.07) is 10.1. The molecule has 0 atom stereocenters. The van der Waals surface area contributed by atoms with Crippen molar-refractivity contribution in [1.29, 1.82) is 0 Å². The van der Waals surface area contributed by atoms with Gasteiger partial charge in [-0.2, -0.15) is 0 Å². The van der Waals surface area contributed by atoms with Crippen LogP contribution in [0.15, 0.2) is 36.4 Å².